The number of amides is 1. The second kappa shape index (κ2) is 10.5. The lowest BCUT2D eigenvalue weighted by atomic mass is 9.96. The molecule has 0 spiro atoms. The van der Waals surface area contributed by atoms with Crippen LogP contribution in [-0.2, 0) is 17.7 Å². The van der Waals surface area contributed by atoms with Crippen molar-refractivity contribution in [3.63, 3.8) is 0 Å². The molecule has 1 amide bonds. The largest absolute Gasteiger partial charge is 0.444 e. The summed E-state index contributed by atoms with van der Waals surface area (Å²) in [6.45, 7) is 13.5. The van der Waals surface area contributed by atoms with Gasteiger partial charge < -0.3 is 24.4 Å². The molecule has 2 heterocycles. The summed E-state index contributed by atoms with van der Waals surface area (Å²) in [6.07, 6.45) is 2.67. The van der Waals surface area contributed by atoms with E-state index in [9.17, 15) is 4.79 Å². The van der Waals surface area contributed by atoms with Crippen LogP contribution in [0.25, 0.3) is 0 Å². The van der Waals surface area contributed by atoms with Crippen molar-refractivity contribution in [2.45, 2.75) is 66.0 Å². The maximum atomic E-state index is 12.4. The van der Waals surface area contributed by atoms with Gasteiger partial charge in [-0.2, -0.15) is 0 Å². The van der Waals surface area contributed by atoms with Crippen molar-refractivity contribution in [1.29, 1.82) is 0 Å². The van der Waals surface area contributed by atoms with Crippen LogP contribution in [0.5, 0.6) is 0 Å². The van der Waals surface area contributed by atoms with Gasteiger partial charge in [-0.15, -0.1) is 0 Å². The van der Waals surface area contributed by atoms with Gasteiger partial charge in [-0.05, 0) is 52.9 Å². The van der Waals surface area contributed by atoms with Crippen molar-refractivity contribution in [2.75, 3.05) is 33.2 Å². The van der Waals surface area contributed by atoms with E-state index in [4.69, 9.17) is 9.26 Å². The van der Waals surface area contributed by atoms with Crippen LogP contribution in [0.1, 0.15) is 58.9 Å². The van der Waals surface area contributed by atoms with E-state index < -0.39 is 5.60 Å². The molecule has 1 saturated heterocycles. The molecule has 2 rings (SSSR count). The highest BCUT2D eigenvalue weighted by atomic mass is 16.6. The van der Waals surface area contributed by atoms with Gasteiger partial charge >= 0.3 is 6.09 Å². The first-order valence-electron chi connectivity index (χ1n) is 10.6. The van der Waals surface area contributed by atoms with Crippen LogP contribution in [0.4, 0.5) is 4.79 Å². The first-order chi connectivity index (χ1) is 13.8. The van der Waals surface area contributed by atoms with Crippen LogP contribution in [-0.4, -0.2) is 65.8 Å². The fourth-order valence-electron chi connectivity index (χ4n) is 3.40. The summed E-state index contributed by atoms with van der Waals surface area (Å²) in [6, 6.07) is 1.97. The van der Waals surface area contributed by atoms with E-state index in [1.165, 1.54) is 0 Å². The second-order valence-corrected chi connectivity index (χ2v) is 8.49. The third kappa shape index (κ3) is 7.25. The standard InChI is InChI=1S/C21H37N5O3/c1-7-17-13-18(29-24-17)14-23-19(22-6)26-11-9-16(10-12-26)15-25(8-2)20(27)28-21(3,4)5/h13,16H,7-12,14-15H2,1-6H3,(H,22,23). The average molecular weight is 408 g/mol. The number of hydrogen-bond acceptors (Lipinski definition) is 5. The Kier molecular flexibility index (Phi) is 8.34. The molecule has 8 heteroatoms. The van der Waals surface area contributed by atoms with Crippen LogP contribution in [0.15, 0.2) is 15.6 Å². The molecule has 8 nitrogen and oxygen atoms in total. The predicted molar refractivity (Wildman–Crippen MR) is 114 cm³/mol. The number of piperidine rings is 1. The summed E-state index contributed by atoms with van der Waals surface area (Å²) >= 11 is 0. The topological polar surface area (TPSA) is 83.2 Å². The van der Waals surface area contributed by atoms with Crippen molar-refractivity contribution in [3.05, 3.63) is 17.5 Å². The van der Waals surface area contributed by atoms with Gasteiger partial charge in [0.2, 0.25) is 0 Å². The highest BCUT2D eigenvalue weighted by Crippen LogP contribution is 2.20. The van der Waals surface area contributed by atoms with Crippen molar-refractivity contribution in [2.24, 2.45) is 10.9 Å². The summed E-state index contributed by atoms with van der Waals surface area (Å²) in [7, 11) is 1.80. The quantitative estimate of drug-likeness (QED) is 0.576. The summed E-state index contributed by atoms with van der Waals surface area (Å²) < 4.78 is 10.9. The predicted octanol–water partition coefficient (Wildman–Crippen LogP) is 3.28. The molecule has 0 saturated carbocycles. The number of nitrogens with one attached hydrogen (secondary N) is 1. The molecule has 0 aliphatic carbocycles. The smallest absolute Gasteiger partial charge is 0.410 e. The van der Waals surface area contributed by atoms with Crippen molar-refractivity contribution in [1.82, 2.24) is 20.3 Å². The molecule has 0 unspecified atom stereocenters. The number of hydrogen-bond donors (Lipinski definition) is 1. The zero-order valence-electron chi connectivity index (χ0n) is 18.8. The van der Waals surface area contributed by atoms with E-state index in [0.29, 0.717) is 19.0 Å². The van der Waals surface area contributed by atoms with Gasteiger partial charge in [0.1, 0.15) is 5.60 Å². The Morgan fingerprint density at radius 2 is 2.07 bits per heavy atom. The van der Waals surface area contributed by atoms with Crippen LogP contribution in [0.2, 0.25) is 0 Å². The van der Waals surface area contributed by atoms with Gasteiger partial charge in [-0.25, -0.2) is 4.79 Å². The molecule has 0 radical (unpaired) electrons. The SMILES string of the molecule is CCc1cc(CNC(=NC)N2CCC(CN(CC)C(=O)OC(C)(C)C)CC2)on1. The summed E-state index contributed by atoms with van der Waals surface area (Å²) in [5, 5.41) is 7.38. The molecule has 0 aromatic carbocycles. The molecule has 1 N–H and O–H groups in total. The highest BCUT2D eigenvalue weighted by molar-refractivity contribution is 5.79. The molecule has 0 atom stereocenters. The number of guanidine groups is 1. The molecular weight excluding hydrogens is 370 g/mol. The molecular formula is C21H37N5O3. The second-order valence-electron chi connectivity index (χ2n) is 8.49. The van der Waals surface area contributed by atoms with Gasteiger partial charge in [0.05, 0.1) is 12.2 Å². The first kappa shape index (κ1) is 23.0. The summed E-state index contributed by atoms with van der Waals surface area (Å²) in [4.78, 5) is 20.9. The maximum absolute atomic E-state index is 12.4. The van der Waals surface area contributed by atoms with E-state index in [1.807, 2.05) is 38.7 Å². The molecule has 1 aromatic rings. The van der Waals surface area contributed by atoms with Gasteiger partial charge in [0, 0.05) is 39.3 Å². The van der Waals surface area contributed by atoms with Crippen LogP contribution in [0.3, 0.4) is 0 Å². The number of aryl methyl sites for hydroxylation is 1. The number of aliphatic imine (C=N–C) groups is 1. The number of carbonyl (C=O) groups is 1. The minimum Gasteiger partial charge on any atom is -0.444 e. The summed E-state index contributed by atoms with van der Waals surface area (Å²) in [5.74, 6) is 2.16. The molecule has 1 aromatic heterocycles. The fourth-order valence-corrected chi connectivity index (χ4v) is 3.40. The number of aromatic nitrogens is 1. The lowest BCUT2D eigenvalue weighted by Crippen LogP contribution is -2.47. The summed E-state index contributed by atoms with van der Waals surface area (Å²) in [5.41, 5.74) is 0.496. The van der Waals surface area contributed by atoms with E-state index in [-0.39, 0.29) is 6.09 Å². The van der Waals surface area contributed by atoms with Crippen molar-refractivity contribution >= 4 is 12.1 Å². The van der Waals surface area contributed by atoms with E-state index in [1.54, 1.807) is 7.05 Å². The Bertz CT molecular complexity index is 672. The van der Waals surface area contributed by atoms with E-state index in [0.717, 1.165) is 56.3 Å². The molecule has 1 aliphatic heterocycles. The Labute approximate surface area is 174 Å². The van der Waals surface area contributed by atoms with Gasteiger partial charge in [-0.1, -0.05) is 12.1 Å². The zero-order chi connectivity index (χ0) is 21.4. The fraction of sp³-hybridized carbons (Fsp3) is 0.762. The van der Waals surface area contributed by atoms with Gasteiger partial charge in [0.15, 0.2) is 11.7 Å². The lowest BCUT2D eigenvalue weighted by molar-refractivity contribution is 0.0214. The van der Waals surface area contributed by atoms with E-state index in [2.05, 4.69) is 27.3 Å². The zero-order valence-corrected chi connectivity index (χ0v) is 18.8. The Hall–Kier alpha value is -2.25. The third-order valence-electron chi connectivity index (χ3n) is 5.03. The number of nitrogens with zero attached hydrogens (tertiary/aromatic N) is 4. The number of carbonyl (C=O) groups excluding carboxylic acids is 1. The Balaban J connectivity index is 1.81. The van der Waals surface area contributed by atoms with Crippen LogP contribution in [0, 0.1) is 5.92 Å². The normalized spacial score (nSPS) is 16.1. The Morgan fingerprint density at radius 1 is 1.38 bits per heavy atom. The number of rotatable bonds is 6. The number of ether oxygens (including phenoxy) is 1. The van der Waals surface area contributed by atoms with Crippen molar-refractivity contribution < 1.29 is 14.1 Å². The lowest BCUT2D eigenvalue weighted by Gasteiger charge is -2.36. The van der Waals surface area contributed by atoms with Gasteiger partial charge in [-0.3, -0.25) is 4.99 Å². The first-order valence-corrected chi connectivity index (χ1v) is 10.6. The highest BCUT2D eigenvalue weighted by Gasteiger charge is 2.27. The average Bonchev–Trinajstić information content (AvgIpc) is 3.14. The van der Waals surface area contributed by atoms with Crippen molar-refractivity contribution in [3.8, 4) is 0 Å². The molecule has 29 heavy (non-hydrogen) atoms. The minimum absolute atomic E-state index is 0.224. The van der Waals surface area contributed by atoms with Crippen LogP contribution < -0.4 is 5.32 Å². The molecule has 164 valence electrons. The monoisotopic (exact) mass is 407 g/mol. The van der Waals surface area contributed by atoms with Crippen LogP contribution >= 0.6 is 0 Å². The maximum Gasteiger partial charge on any atom is 0.410 e. The molecule has 1 fully saturated rings. The Morgan fingerprint density at radius 3 is 2.59 bits per heavy atom. The minimum atomic E-state index is -0.465. The van der Waals surface area contributed by atoms with E-state index >= 15 is 0 Å². The third-order valence-corrected chi connectivity index (χ3v) is 5.03. The van der Waals surface area contributed by atoms with Gasteiger partial charge in [0.25, 0.3) is 0 Å². The number of likely N-dealkylation sites (tertiary alicyclic amines) is 1. The molecule has 1 aliphatic rings. The molecule has 0 bridgehead atoms.